The van der Waals surface area contributed by atoms with Crippen molar-refractivity contribution in [1.29, 1.82) is 0 Å². The van der Waals surface area contributed by atoms with E-state index in [1.54, 1.807) is 11.3 Å². The number of nitrogens with zero attached hydrogens (tertiary/aromatic N) is 3. The second-order valence-electron chi connectivity index (χ2n) is 5.08. The van der Waals surface area contributed by atoms with Gasteiger partial charge in [0.05, 0.1) is 23.4 Å². The number of thiazole rings is 1. The minimum Gasteiger partial charge on any atom is -0.375 e. The lowest BCUT2D eigenvalue weighted by molar-refractivity contribution is 0.00530. The van der Waals surface area contributed by atoms with E-state index in [4.69, 9.17) is 10.5 Å². The topological polar surface area (TPSA) is 63.7 Å². The number of rotatable bonds is 4. The van der Waals surface area contributed by atoms with Crippen molar-refractivity contribution in [1.82, 2.24) is 9.88 Å². The van der Waals surface area contributed by atoms with Gasteiger partial charge in [-0.3, -0.25) is 4.99 Å². The molecule has 0 aliphatic carbocycles. The molecule has 1 aliphatic heterocycles. The molecule has 120 valence electrons. The van der Waals surface area contributed by atoms with Crippen molar-refractivity contribution in [3.05, 3.63) is 15.6 Å². The zero-order valence-electron chi connectivity index (χ0n) is 13.0. The second-order valence-corrected chi connectivity index (χ2v) is 6.37. The fourth-order valence-electron chi connectivity index (χ4n) is 2.32. The maximum Gasteiger partial charge on any atom is 0.191 e. The van der Waals surface area contributed by atoms with Crippen LogP contribution < -0.4 is 5.73 Å². The standard InChI is InChI=1S/C14H24N4OS.HI/c1-4-12-11(3)20-13(17-12)5-6-16-14(15)18-7-8-19-10(2)9-18;/h10H,4-9H2,1-3H3,(H2,15,16);1H. The van der Waals surface area contributed by atoms with E-state index in [-0.39, 0.29) is 30.1 Å². The van der Waals surface area contributed by atoms with E-state index in [0.29, 0.717) is 12.5 Å². The molecule has 1 saturated heterocycles. The maximum atomic E-state index is 6.04. The van der Waals surface area contributed by atoms with Gasteiger partial charge < -0.3 is 15.4 Å². The lowest BCUT2D eigenvalue weighted by atomic mass is 10.3. The van der Waals surface area contributed by atoms with Crippen LogP contribution in [0.5, 0.6) is 0 Å². The van der Waals surface area contributed by atoms with Crippen LogP contribution in [0.25, 0.3) is 0 Å². The van der Waals surface area contributed by atoms with E-state index in [0.717, 1.165) is 37.5 Å². The molecule has 0 radical (unpaired) electrons. The van der Waals surface area contributed by atoms with E-state index in [1.807, 2.05) is 0 Å². The highest BCUT2D eigenvalue weighted by Crippen LogP contribution is 2.18. The second kappa shape index (κ2) is 8.89. The molecule has 0 aromatic carbocycles. The summed E-state index contributed by atoms with van der Waals surface area (Å²) in [5.41, 5.74) is 7.25. The normalized spacial score (nSPS) is 19.5. The van der Waals surface area contributed by atoms with Crippen molar-refractivity contribution in [2.45, 2.75) is 39.7 Å². The Kier molecular flexibility index (Phi) is 7.89. The average Bonchev–Trinajstić information content (AvgIpc) is 2.79. The van der Waals surface area contributed by atoms with Crippen LogP contribution in [0.4, 0.5) is 0 Å². The van der Waals surface area contributed by atoms with Gasteiger partial charge in [-0.1, -0.05) is 6.92 Å². The first-order valence-electron chi connectivity index (χ1n) is 7.21. The zero-order valence-corrected chi connectivity index (χ0v) is 16.1. The van der Waals surface area contributed by atoms with Crippen molar-refractivity contribution in [3.63, 3.8) is 0 Å². The summed E-state index contributed by atoms with van der Waals surface area (Å²) in [6.45, 7) is 9.41. The third-order valence-electron chi connectivity index (χ3n) is 3.44. The molecule has 1 fully saturated rings. The third kappa shape index (κ3) is 5.37. The summed E-state index contributed by atoms with van der Waals surface area (Å²) in [5.74, 6) is 0.629. The molecule has 0 bridgehead atoms. The maximum absolute atomic E-state index is 6.04. The van der Waals surface area contributed by atoms with Gasteiger partial charge in [0, 0.05) is 30.9 Å². The first-order valence-corrected chi connectivity index (χ1v) is 8.03. The highest BCUT2D eigenvalue weighted by atomic mass is 127. The molecular formula is C14H25IN4OS. The number of aryl methyl sites for hydroxylation is 2. The van der Waals surface area contributed by atoms with Gasteiger partial charge in [-0.2, -0.15) is 0 Å². The average molecular weight is 424 g/mol. The third-order valence-corrected chi connectivity index (χ3v) is 4.51. The van der Waals surface area contributed by atoms with Crippen LogP contribution in [-0.4, -0.2) is 48.2 Å². The Morgan fingerprint density at radius 1 is 1.57 bits per heavy atom. The molecule has 0 spiro atoms. The molecule has 0 saturated carbocycles. The van der Waals surface area contributed by atoms with Crippen LogP contribution in [0.15, 0.2) is 4.99 Å². The van der Waals surface area contributed by atoms with Gasteiger partial charge in [0.25, 0.3) is 0 Å². The highest BCUT2D eigenvalue weighted by molar-refractivity contribution is 14.0. The molecule has 1 atom stereocenters. The molecule has 2 rings (SSSR count). The summed E-state index contributed by atoms with van der Waals surface area (Å²) < 4.78 is 5.50. The first-order chi connectivity index (χ1) is 9.60. The monoisotopic (exact) mass is 424 g/mol. The van der Waals surface area contributed by atoms with E-state index >= 15 is 0 Å². The summed E-state index contributed by atoms with van der Waals surface area (Å²) in [6.07, 6.45) is 2.09. The van der Waals surface area contributed by atoms with Crippen LogP contribution in [-0.2, 0) is 17.6 Å². The lowest BCUT2D eigenvalue weighted by Crippen LogP contribution is -2.47. The van der Waals surface area contributed by atoms with Crippen molar-refractivity contribution in [2.75, 3.05) is 26.2 Å². The molecule has 1 aromatic rings. The van der Waals surface area contributed by atoms with Gasteiger partial charge in [0.2, 0.25) is 0 Å². The number of guanidine groups is 1. The van der Waals surface area contributed by atoms with Gasteiger partial charge in [0.1, 0.15) is 0 Å². The smallest absolute Gasteiger partial charge is 0.191 e. The number of aliphatic imine (C=N–C) groups is 1. The van der Waals surface area contributed by atoms with Gasteiger partial charge >= 0.3 is 0 Å². The number of aromatic nitrogens is 1. The summed E-state index contributed by atoms with van der Waals surface area (Å²) in [5, 5.41) is 1.16. The molecule has 1 aromatic heterocycles. The Morgan fingerprint density at radius 2 is 2.33 bits per heavy atom. The van der Waals surface area contributed by atoms with E-state index in [2.05, 4.69) is 35.6 Å². The molecular weight excluding hydrogens is 399 g/mol. The van der Waals surface area contributed by atoms with Crippen molar-refractivity contribution >= 4 is 41.3 Å². The Hall–Kier alpha value is -0.410. The Balaban J connectivity index is 0.00000220. The zero-order chi connectivity index (χ0) is 14.5. The number of hydrogen-bond donors (Lipinski definition) is 1. The quantitative estimate of drug-likeness (QED) is 0.458. The molecule has 2 N–H and O–H groups in total. The van der Waals surface area contributed by atoms with Crippen LogP contribution in [0.3, 0.4) is 0 Å². The van der Waals surface area contributed by atoms with Crippen LogP contribution in [0.2, 0.25) is 0 Å². The van der Waals surface area contributed by atoms with Crippen molar-refractivity contribution in [2.24, 2.45) is 10.7 Å². The van der Waals surface area contributed by atoms with E-state index < -0.39 is 0 Å². The van der Waals surface area contributed by atoms with Crippen molar-refractivity contribution in [3.8, 4) is 0 Å². The Labute approximate surface area is 148 Å². The number of nitrogens with two attached hydrogens (primary N) is 1. The van der Waals surface area contributed by atoms with Crippen molar-refractivity contribution < 1.29 is 4.74 Å². The lowest BCUT2D eigenvalue weighted by Gasteiger charge is -2.31. The van der Waals surface area contributed by atoms with Crippen LogP contribution >= 0.6 is 35.3 Å². The molecule has 0 amide bonds. The fourth-order valence-corrected chi connectivity index (χ4v) is 3.33. The first kappa shape index (κ1) is 18.6. The minimum absolute atomic E-state index is 0. The Morgan fingerprint density at radius 3 is 2.95 bits per heavy atom. The number of ether oxygens (including phenoxy) is 1. The summed E-state index contributed by atoms with van der Waals surface area (Å²) >= 11 is 1.77. The van der Waals surface area contributed by atoms with Crippen LogP contribution in [0.1, 0.15) is 29.4 Å². The predicted octanol–water partition coefficient (Wildman–Crippen LogP) is 2.21. The largest absolute Gasteiger partial charge is 0.375 e. The molecule has 2 heterocycles. The molecule has 7 heteroatoms. The minimum atomic E-state index is 0. The molecule has 5 nitrogen and oxygen atoms in total. The fraction of sp³-hybridized carbons (Fsp3) is 0.714. The predicted molar refractivity (Wildman–Crippen MR) is 98.8 cm³/mol. The van der Waals surface area contributed by atoms with Gasteiger partial charge in [-0.15, -0.1) is 35.3 Å². The number of hydrogen-bond acceptors (Lipinski definition) is 4. The summed E-state index contributed by atoms with van der Waals surface area (Å²) in [7, 11) is 0. The highest BCUT2D eigenvalue weighted by Gasteiger charge is 2.17. The molecule has 1 unspecified atom stereocenters. The molecule has 21 heavy (non-hydrogen) atoms. The summed E-state index contributed by atoms with van der Waals surface area (Å²) in [4.78, 5) is 12.5. The van der Waals surface area contributed by atoms with Crippen LogP contribution in [0, 0.1) is 6.92 Å². The van der Waals surface area contributed by atoms with E-state index in [9.17, 15) is 0 Å². The number of morpholine rings is 1. The molecule has 1 aliphatic rings. The SMILES string of the molecule is CCc1nc(CCN=C(N)N2CCOC(C)C2)sc1C.I. The van der Waals surface area contributed by atoms with Gasteiger partial charge in [-0.05, 0) is 20.3 Å². The number of halogens is 1. The Bertz CT molecular complexity index is 478. The van der Waals surface area contributed by atoms with Gasteiger partial charge in [0.15, 0.2) is 5.96 Å². The summed E-state index contributed by atoms with van der Waals surface area (Å²) in [6, 6.07) is 0. The van der Waals surface area contributed by atoms with E-state index in [1.165, 1.54) is 10.6 Å². The van der Waals surface area contributed by atoms with Gasteiger partial charge in [-0.25, -0.2) is 4.98 Å².